The van der Waals surface area contributed by atoms with E-state index in [1.807, 2.05) is 0 Å². The van der Waals surface area contributed by atoms with Gasteiger partial charge in [0, 0.05) is 17.5 Å². The van der Waals surface area contributed by atoms with E-state index in [0.717, 1.165) is 18.2 Å². The lowest BCUT2D eigenvalue weighted by Crippen LogP contribution is -2.46. The highest BCUT2D eigenvalue weighted by atomic mass is 35.5. The summed E-state index contributed by atoms with van der Waals surface area (Å²) in [5, 5.41) is 11.3. The normalized spacial score (nSPS) is 17.8. The smallest absolute Gasteiger partial charge is 0.416 e. The third kappa shape index (κ3) is 6.79. The van der Waals surface area contributed by atoms with Gasteiger partial charge >= 0.3 is 6.18 Å². The Morgan fingerprint density at radius 3 is 2.45 bits per heavy atom. The van der Waals surface area contributed by atoms with E-state index in [1.165, 1.54) is 44.2 Å². The number of alkyl halides is 3. The van der Waals surface area contributed by atoms with Crippen molar-refractivity contribution in [3.05, 3.63) is 93.8 Å². The molecule has 3 aromatic carbocycles. The molecule has 4 rings (SSSR count). The van der Waals surface area contributed by atoms with E-state index >= 15 is 0 Å². The van der Waals surface area contributed by atoms with Crippen molar-refractivity contribution in [2.45, 2.75) is 55.2 Å². The number of aliphatic hydroxyl groups is 1. The fourth-order valence-electron chi connectivity index (χ4n) is 4.66. The van der Waals surface area contributed by atoms with Crippen molar-refractivity contribution in [1.29, 1.82) is 0 Å². The van der Waals surface area contributed by atoms with Gasteiger partial charge in [0.1, 0.15) is 23.3 Å². The number of rotatable bonds is 7. The molecule has 0 saturated carbocycles. The number of halogens is 5. The third-order valence-corrected chi connectivity index (χ3v) is 9.22. The van der Waals surface area contributed by atoms with Crippen molar-refractivity contribution in [3.63, 3.8) is 0 Å². The number of sulfone groups is 1. The molecule has 0 aliphatic carbocycles. The standard InChI is InChI=1S/C30H28ClF4NO5S/c1-17(27-23(31)8-5-9-24(27)32)12-18-10-11-25-22(13-18)26(15-20(41-25)16-36-28(37)29(2,3)38)42(39,40)21-7-4-6-19(14-21)30(33,34)35/h4-14,20,26,38H,15-16H2,1-3H3,(H,36,37). The molecule has 1 heterocycles. The second kappa shape index (κ2) is 11.7. The molecule has 6 nitrogen and oxygen atoms in total. The van der Waals surface area contributed by atoms with E-state index in [0.29, 0.717) is 17.2 Å². The zero-order chi connectivity index (χ0) is 31.0. The highest BCUT2D eigenvalue weighted by Crippen LogP contribution is 2.44. The minimum absolute atomic E-state index is 0.156. The first-order valence-corrected chi connectivity index (χ1v) is 14.8. The number of ether oxygens (including phenoxy) is 1. The summed E-state index contributed by atoms with van der Waals surface area (Å²) in [6.45, 7) is 4.04. The summed E-state index contributed by atoms with van der Waals surface area (Å²) in [6, 6.07) is 12.4. The number of carbonyl (C=O) groups is 1. The summed E-state index contributed by atoms with van der Waals surface area (Å²) in [4.78, 5) is 11.7. The quantitative estimate of drug-likeness (QED) is 0.228. The SMILES string of the molecule is CC(=Cc1ccc2c(c1)C(S(=O)(=O)c1cccc(C(F)(F)F)c1)CC(CNC(=O)C(C)(C)O)O2)c1c(F)cccc1Cl. The molecule has 2 atom stereocenters. The van der Waals surface area contributed by atoms with Gasteiger partial charge < -0.3 is 15.2 Å². The molecule has 12 heteroatoms. The van der Waals surface area contributed by atoms with Gasteiger partial charge in [-0.05, 0) is 74.4 Å². The van der Waals surface area contributed by atoms with Crippen LogP contribution in [-0.2, 0) is 20.8 Å². The van der Waals surface area contributed by atoms with Gasteiger partial charge in [0.05, 0.1) is 27.3 Å². The predicted octanol–water partition coefficient (Wildman–Crippen LogP) is 6.61. The maximum absolute atomic E-state index is 14.5. The first kappa shape index (κ1) is 31.5. The Hall–Kier alpha value is -3.41. The summed E-state index contributed by atoms with van der Waals surface area (Å²) in [6.07, 6.45) is -4.24. The van der Waals surface area contributed by atoms with E-state index < -0.39 is 55.2 Å². The summed E-state index contributed by atoms with van der Waals surface area (Å²) in [5.74, 6) is -1.10. The molecule has 42 heavy (non-hydrogen) atoms. The Morgan fingerprint density at radius 1 is 1.12 bits per heavy atom. The number of hydrogen-bond donors (Lipinski definition) is 2. The number of carbonyl (C=O) groups excluding carboxylic acids is 1. The predicted molar refractivity (Wildman–Crippen MR) is 151 cm³/mol. The maximum atomic E-state index is 14.5. The Labute approximate surface area is 245 Å². The van der Waals surface area contributed by atoms with Crippen LogP contribution in [0.15, 0.2) is 65.6 Å². The van der Waals surface area contributed by atoms with Crippen LogP contribution >= 0.6 is 11.6 Å². The molecule has 2 unspecified atom stereocenters. The van der Waals surface area contributed by atoms with Gasteiger partial charge in [-0.25, -0.2) is 12.8 Å². The number of benzene rings is 3. The monoisotopic (exact) mass is 625 g/mol. The van der Waals surface area contributed by atoms with Crippen molar-refractivity contribution in [2.24, 2.45) is 0 Å². The summed E-state index contributed by atoms with van der Waals surface area (Å²) < 4.78 is 88.5. The van der Waals surface area contributed by atoms with Crippen molar-refractivity contribution in [3.8, 4) is 5.75 Å². The molecule has 3 aromatic rings. The van der Waals surface area contributed by atoms with Gasteiger partial charge in [0.25, 0.3) is 5.91 Å². The van der Waals surface area contributed by atoms with E-state index in [9.17, 15) is 35.9 Å². The average Bonchev–Trinajstić information content (AvgIpc) is 2.90. The van der Waals surface area contributed by atoms with Gasteiger partial charge in [0.15, 0.2) is 9.84 Å². The molecule has 0 radical (unpaired) electrons. The molecule has 0 saturated heterocycles. The first-order valence-electron chi connectivity index (χ1n) is 12.8. The molecule has 1 amide bonds. The summed E-state index contributed by atoms with van der Waals surface area (Å²) in [7, 11) is -4.41. The molecular weight excluding hydrogens is 598 g/mol. The van der Waals surface area contributed by atoms with Crippen LogP contribution in [0.5, 0.6) is 5.75 Å². The van der Waals surface area contributed by atoms with Gasteiger partial charge in [-0.2, -0.15) is 13.2 Å². The van der Waals surface area contributed by atoms with Crippen LogP contribution < -0.4 is 10.1 Å². The minimum atomic E-state index is -4.76. The zero-order valence-corrected chi connectivity index (χ0v) is 24.4. The van der Waals surface area contributed by atoms with Crippen LogP contribution in [0.2, 0.25) is 5.02 Å². The fraction of sp³-hybridized carbons (Fsp3) is 0.300. The van der Waals surface area contributed by atoms with Crippen LogP contribution in [0, 0.1) is 5.82 Å². The molecular formula is C30H28ClF4NO5S. The number of fused-ring (bicyclic) bond motifs is 1. The summed E-state index contributed by atoms with van der Waals surface area (Å²) in [5.41, 5.74) is -1.51. The lowest BCUT2D eigenvalue weighted by atomic mass is 9.97. The first-order chi connectivity index (χ1) is 19.5. The van der Waals surface area contributed by atoms with Gasteiger partial charge in [-0.15, -0.1) is 0 Å². The molecule has 224 valence electrons. The highest BCUT2D eigenvalue weighted by molar-refractivity contribution is 7.91. The lowest BCUT2D eigenvalue weighted by Gasteiger charge is -2.33. The van der Waals surface area contributed by atoms with E-state index in [1.54, 1.807) is 19.1 Å². The van der Waals surface area contributed by atoms with Crippen molar-refractivity contribution >= 4 is 39.0 Å². The van der Waals surface area contributed by atoms with Gasteiger partial charge in [-0.3, -0.25) is 4.79 Å². The van der Waals surface area contributed by atoms with Crippen molar-refractivity contribution in [2.75, 3.05) is 6.54 Å². The maximum Gasteiger partial charge on any atom is 0.416 e. The second-order valence-corrected chi connectivity index (χ2v) is 13.1. The number of amides is 1. The van der Waals surface area contributed by atoms with Gasteiger partial charge in [-0.1, -0.05) is 35.9 Å². The van der Waals surface area contributed by atoms with E-state index in [-0.39, 0.29) is 34.9 Å². The van der Waals surface area contributed by atoms with Crippen molar-refractivity contribution in [1.82, 2.24) is 5.32 Å². The Balaban J connectivity index is 1.78. The summed E-state index contributed by atoms with van der Waals surface area (Å²) >= 11 is 6.19. The molecule has 1 aliphatic heterocycles. The largest absolute Gasteiger partial charge is 0.488 e. The third-order valence-electron chi connectivity index (χ3n) is 6.80. The van der Waals surface area contributed by atoms with Gasteiger partial charge in [0.2, 0.25) is 0 Å². The van der Waals surface area contributed by atoms with Crippen LogP contribution in [0.25, 0.3) is 11.6 Å². The van der Waals surface area contributed by atoms with Crippen LogP contribution in [0.3, 0.4) is 0 Å². The van der Waals surface area contributed by atoms with Crippen LogP contribution in [0.4, 0.5) is 17.6 Å². The van der Waals surface area contributed by atoms with Crippen LogP contribution in [0.1, 0.15) is 54.7 Å². The van der Waals surface area contributed by atoms with Crippen LogP contribution in [-0.4, -0.2) is 37.7 Å². The second-order valence-electron chi connectivity index (χ2n) is 10.5. The van der Waals surface area contributed by atoms with E-state index in [4.69, 9.17) is 16.3 Å². The molecule has 2 N–H and O–H groups in total. The number of hydrogen-bond acceptors (Lipinski definition) is 5. The van der Waals surface area contributed by atoms with E-state index in [2.05, 4.69) is 5.32 Å². The fourth-order valence-corrected chi connectivity index (χ4v) is 6.85. The Kier molecular flexibility index (Phi) is 8.78. The molecule has 0 spiro atoms. The number of allylic oxidation sites excluding steroid dienone is 1. The molecule has 1 aliphatic rings. The van der Waals surface area contributed by atoms with Crippen molar-refractivity contribution < 1.29 is 40.6 Å². The number of nitrogens with one attached hydrogen (secondary N) is 1. The molecule has 0 aromatic heterocycles. The zero-order valence-electron chi connectivity index (χ0n) is 22.8. The Bertz CT molecular complexity index is 1630. The lowest BCUT2D eigenvalue weighted by molar-refractivity contribution is -0.138. The Morgan fingerprint density at radius 2 is 1.81 bits per heavy atom. The average molecular weight is 626 g/mol. The molecule has 0 fully saturated rings. The molecule has 0 bridgehead atoms. The topological polar surface area (TPSA) is 92.7 Å². The minimum Gasteiger partial charge on any atom is -0.488 e. The highest BCUT2D eigenvalue weighted by Gasteiger charge is 2.40.